The number of aromatic hydroxyl groups is 1. The van der Waals surface area contributed by atoms with Crippen LogP contribution in [0.4, 0.5) is 5.69 Å². The second-order valence-electron chi connectivity index (χ2n) is 9.03. The van der Waals surface area contributed by atoms with Gasteiger partial charge < -0.3 is 14.4 Å². The van der Waals surface area contributed by atoms with E-state index in [4.69, 9.17) is 16.3 Å². The number of hydrogen-bond acceptors (Lipinski definition) is 4. The molecule has 0 aliphatic carbocycles. The van der Waals surface area contributed by atoms with Crippen LogP contribution in [0.15, 0.2) is 83.0 Å². The van der Waals surface area contributed by atoms with Crippen LogP contribution in [0.3, 0.4) is 0 Å². The van der Waals surface area contributed by atoms with E-state index >= 15 is 0 Å². The molecule has 6 nitrogen and oxygen atoms in total. The van der Waals surface area contributed by atoms with Gasteiger partial charge in [0.1, 0.15) is 5.75 Å². The molecule has 0 fully saturated rings. The molecule has 0 aliphatic rings. The maximum atomic E-state index is 12.4. The molecule has 4 aromatic rings. The molecule has 0 saturated heterocycles. The van der Waals surface area contributed by atoms with Crippen molar-refractivity contribution in [2.45, 2.75) is 32.7 Å². The number of benzene rings is 3. The Labute approximate surface area is 203 Å². The fourth-order valence-electron chi connectivity index (χ4n) is 3.79. The largest absolute Gasteiger partial charge is 0.493 e. The molecule has 0 bridgehead atoms. The molecule has 3 aromatic carbocycles. The molecule has 0 aliphatic heterocycles. The van der Waals surface area contributed by atoms with Gasteiger partial charge in [-0.05, 0) is 40.8 Å². The minimum absolute atomic E-state index is 0.0632. The summed E-state index contributed by atoms with van der Waals surface area (Å²) in [5, 5.41) is 20.2. The molecule has 0 unspecified atom stereocenters. The summed E-state index contributed by atoms with van der Waals surface area (Å²) in [5.74, 6) is 0.0327. The predicted molar refractivity (Wildman–Crippen MR) is 134 cm³/mol. The van der Waals surface area contributed by atoms with Gasteiger partial charge in [0.25, 0.3) is 0 Å². The van der Waals surface area contributed by atoms with Crippen LogP contribution in [0.5, 0.6) is 11.6 Å². The normalized spacial score (nSPS) is 11.9. The summed E-state index contributed by atoms with van der Waals surface area (Å²) in [6, 6.07) is 22.5. The van der Waals surface area contributed by atoms with E-state index in [-0.39, 0.29) is 23.6 Å². The SMILES string of the molecule is CC(C)(C)c1ccccc1OCC(=O)N=Nc1c(O)n(Cc2ccc(Cl)cc2)c2ccccc12. The Morgan fingerprint density at radius 3 is 2.41 bits per heavy atom. The zero-order chi connectivity index (χ0) is 24.3. The van der Waals surface area contributed by atoms with E-state index < -0.39 is 5.91 Å². The molecule has 0 spiro atoms. The fourth-order valence-corrected chi connectivity index (χ4v) is 3.91. The van der Waals surface area contributed by atoms with Crippen LogP contribution in [-0.2, 0) is 16.8 Å². The van der Waals surface area contributed by atoms with E-state index in [0.717, 1.165) is 16.6 Å². The molecule has 1 amide bonds. The zero-order valence-corrected chi connectivity index (χ0v) is 20.1. The van der Waals surface area contributed by atoms with Gasteiger partial charge in [-0.15, -0.1) is 10.2 Å². The van der Waals surface area contributed by atoms with Crippen molar-refractivity contribution in [2.75, 3.05) is 6.61 Å². The highest BCUT2D eigenvalue weighted by Gasteiger charge is 2.20. The second kappa shape index (κ2) is 9.69. The highest BCUT2D eigenvalue weighted by atomic mass is 35.5. The first-order valence-electron chi connectivity index (χ1n) is 11.0. The van der Waals surface area contributed by atoms with Crippen LogP contribution in [0.25, 0.3) is 10.9 Å². The van der Waals surface area contributed by atoms with Gasteiger partial charge in [-0.2, -0.15) is 0 Å². The van der Waals surface area contributed by atoms with Crippen molar-refractivity contribution in [3.63, 3.8) is 0 Å². The molecule has 1 N–H and O–H groups in total. The van der Waals surface area contributed by atoms with Crippen molar-refractivity contribution < 1.29 is 14.6 Å². The van der Waals surface area contributed by atoms with E-state index in [9.17, 15) is 9.90 Å². The number of fused-ring (bicyclic) bond motifs is 1. The van der Waals surface area contributed by atoms with Crippen LogP contribution < -0.4 is 4.74 Å². The topological polar surface area (TPSA) is 76.2 Å². The fraction of sp³-hybridized carbons (Fsp3) is 0.222. The van der Waals surface area contributed by atoms with Crippen LogP contribution in [0.1, 0.15) is 31.9 Å². The molecular weight excluding hydrogens is 450 g/mol. The lowest BCUT2D eigenvalue weighted by molar-refractivity contribution is -0.120. The quantitative estimate of drug-likeness (QED) is 0.304. The number of aromatic nitrogens is 1. The molecule has 0 saturated carbocycles. The number of carbonyl (C=O) groups is 1. The van der Waals surface area contributed by atoms with Gasteiger partial charge in [-0.25, -0.2) is 0 Å². The van der Waals surface area contributed by atoms with Gasteiger partial charge >= 0.3 is 5.91 Å². The standard InChI is InChI=1S/C27H26ClN3O3/c1-27(2,3)21-9-5-7-11-23(21)34-17-24(32)29-30-25-20-8-4-6-10-22(20)31(26(25)33)16-18-12-14-19(28)15-13-18/h4-15,33H,16-17H2,1-3H3. The molecule has 1 aromatic heterocycles. The number of rotatable bonds is 6. The van der Waals surface area contributed by atoms with Crippen molar-refractivity contribution >= 4 is 34.1 Å². The van der Waals surface area contributed by atoms with Crippen LogP contribution >= 0.6 is 11.6 Å². The summed E-state index contributed by atoms with van der Waals surface area (Å²) in [5.41, 5.74) is 2.87. The van der Waals surface area contributed by atoms with Gasteiger partial charge in [-0.1, -0.05) is 80.9 Å². The summed E-state index contributed by atoms with van der Waals surface area (Å²) in [4.78, 5) is 12.4. The first-order chi connectivity index (χ1) is 16.2. The van der Waals surface area contributed by atoms with E-state index in [1.165, 1.54) is 0 Å². The van der Waals surface area contributed by atoms with Crippen LogP contribution in [-0.4, -0.2) is 22.2 Å². The summed E-state index contributed by atoms with van der Waals surface area (Å²) >= 11 is 5.99. The average Bonchev–Trinajstić information content (AvgIpc) is 3.08. The van der Waals surface area contributed by atoms with Gasteiger partial charge in [0.2, 0.25) is 5.88 Å². The number of para-hydroxylation sites is 2. The Morgan fingerprint density at radius 1 is 1.00 bits per heavy atom. The Bertz CT molecular complexity index is 1350. The Hall–Kier alpha value is -3.64. The first-order valence-corrected chi connectivity index (χ1v) is 11.3. The average molecular weight is 476 g/mol. The highest BCUT2D eigenvalue weighted by molar-refractivity contribution is 6.30. The Kier molecular flexibility index (Phi) is 6.70. The number of ether oxygens (including phenoxy) is 1. The minimum atomic E-state index is -0.544. The monoisotopic (exact) mass is 475 g/mol. The smallest absolute Gasteiger partial charge is 0.302 e. The number of nitrogens with zero attached hydrogens (tertiary/aromatic N) is 3. The Morgan fingerprint density at radius 2 is 1.68 bits per heavy atom. The molecule has 0 atom stereocenters. The molecule has 1 heterocycles. The van der Waals surface area contributed by atoms with Gasteiger partial charge in [0, 0.05) is 10.4 Å². The molecule has 0 radical (unpaired) electrons. The third-order valence-corrected chi connectivity index (χ3v) is 5.73. The lowest BCUT2D eigenvalue weighted by atomic mass is 9.86. The lowest BCUT2D eigenvalue weighted by Gasteiger charge is -2.22. The van der Waals surface area contributed by atoms with Gasteiger partial charge in [0.05, 0.1) is 12.1 Å². The van der Waals surface area contributed by atoms with Crippen molar-refractivity contribution in [3.8, 4) is 11.6 Å². The lowest BCUT2D eigenvalue weighted by Crippen LogP contribution is -2.15. The number of halogens is 1. The summed E-state index contributed by atoms with van der Waals surface area (Å²) in [7, 11) is 0. The van der Waals surface area contributed by atoms with Crippen molar-refractivity contribution in [1.82, 2.24) is 4.57 Å². The van der Waals surface area contributed by atoms with E-state index in [1.807, 2.05) is 60.7 Å². The van der Waals surface area contributed by atoms with Crippen molar-refractivity contribution in [2.24, 2.45) is 10.2 Å². The first kappa shape index (κ1) is 23.5. The summed E-state index contributed by atoms with van der Waals surface area (Å²) < 4.78 is 7.47. The van der Waals surface area contributed by atoms with Gasteiger partial charge in [0.15, 0.2) is 12.3 Å². The summed E-state index contributed by atoms with van der Waals surface area (Å²) in [6.45, 7) is 6.42. The predicted octanol–water partition coefficient (Wildman–Crippen LogP) is 7.04. The van der Waals surface area contributed by atoms with Crippen molar-refractivity contribution in [3.05, 3.63) is 88.9 Å². The third-order valence-electron chi connectivity index (χ3n) is 5.48. The van der Waals surface area contributed by atoms with E-state index in [2.05, 4.69) is 31.0 Å². The number of hydrogen-bond donors (Lipinski definition) is 1. The molecule has 174 valence electrons. The second-order valence-corrected chi connectivity index (χ2v) is 9.47. The Balaban J connectivity index is 1.55. The number of azo groups is 1. The van der Waals surface area contributed by atoms with Crippen LogP contribution in [0, 0.1) is 0 Å². The van der Waals surface area contributed by atoms with E-state index in [1.54, 1.807) is 16.7 Å². The third kappa shape index (κ3) is 5.13. The van der Waals surface area contributed by atoms with Crippen LogP contribution in [0.2, 0.25) is 5.02 Å². The number of carbonyl (C=O) groups excluding carboxylic acids is 1. The molecule has 34 heavy (non-hydrogen) atoms. The molecular formula is C27H26ClN3O3. The maximum absolute atomic E-state index is 12.4. The molecule has 4 rings (SSSR count). The highest BCUT2D eigenvalue weighted by Crippen LogP contribution is 2.39. The zero-order valence-electron chi connectivity index (χ0n) is 19.3. The maximum Gasteiger partial charge on any atom is 0.302 e. The minimum Gasteiger partial charge on any atom is -0.493 e. The van der Waals surface area contributed by atoms with E-state index in [0.29, 0.717) is 22.7 Å². The van der Waals surface area contributed by atoms with Crippen molar-refractivity contribution in [1.29, 1.82) is 0 Å². The van der Waals surface area contributed by atoms with Gasteiger partial charge in [-0.3, -0.25) is 4.79 Å². The summed E-state index contributed by atoms with van der Waals surface area (Å²) in [6.07, 6.45) is 0. The molecule has 7 heteroatoms. The number of amides is 1.